The molecule has 1 aromatic carbocycles. The minimum Gasteiger partial charge on any atom is -0.481 e. The number of benzene rings is 1. The maximum Gasteiger partial charge on any atom is 0.337 e. The van der Waals surface area contributed by atoms with E-state index in [1.807, 2.05) is 6.92 Å². The first-order chi connectivity index (χ1) is 10.5. The second kappa shape index (κ2) is 6.92. The Morgan fingerprint density at radius 2 is 2.05 bits per heavy atom. The molecule has 1 aliphatic heterocycles. The van der Waals surface area contributed by atoms with E-state index >= 15 is 0 Å². The zero-order chi connectivity index (χ0) is 16.2. The summed E-state index contributed by atoms with van der Waals surface area (Å²) in [5.74, 6) is -1.13. The molecule has 5 nitrogen and oxygen atoms in total. The van der Waals surface area contributed by atoms with Crippen LogP contribution in [0, 0.1) is 5.41 Å². The van der Waals surface area contributed by atoms with E-state index in [1.165, 1.54) is 7.11 Å². The van der Waals surface area contributed by atoms with Crippen LogP contribution >= 0.6 is 0 Å². The number of rotatable bonds is 5. The Balaban J connectivity index is 2.18. The largest absolute Gasteiger partial charge is 0.481 e. The normalized spacial score (nSPS) is 24.7. The van der Waals surface area contributed by atoms with Crippen LogP contribution < -0.4 is 0 Å². The van der Waals surface area contributed by atoms with Gasteiger partial charge in [0.25, 0.3) is 0 Å². The number of hydrogen-bond donors (Lipinski definition) is 1. The first-order valence-electron chi connectivity index (χ1n) is 7.55. The number of carbonyl (C=O) groups excluding carboxylic acids is 1. The molecule has 1 heterocycles. The minimum absolute atomic E-state index is 0.247. The van der Waals surface area contributed by atoms with Crippen molar-refractivity contribution in [1.29, 1.82) is 0 Å². The zero-order valence-corrected chi connectivity index (χ0v) is 13.0. The van der Waals surface area contributed by atoms with Crippen LogP contribution in [-0.2, 0) is 14.3 Å². The van der Waals surface area contributed by atoms with Crippen molar-refractivity contribution in [2.24, 2.45) is 5.41 Å². The van der Waals surface area contributed by atoms with Gasteiger partial charge >= 0.3 is 11.9 Å². The predicted molar refractivity (Wildman–Crippen MR) is 80.7 cm³/mol. The highest BCUT2D eigenvalue weighted by molar-refractivity contribution is 5.89. The maximum absolute atomic E-state index is 11.7. The molecular formula is C17H22O5. The van der Waals surface area contributed by atoms with Crippen LogP contribution in [0.5, 0.6) is 0 Å². The lowest BCUT2D eigenvalue weighted by atomic mass is 9.73. The molecule has 0 bridgehead atoms. The van der Waals surface area contributed by atoms with Crippen molar-refractivity contribution >= 4 is 11.9 Å². The Morgan fingerprint density at radius 1 is 1.36 bits per heavy atom. The van der Waals surface area contributed by atoms with E-state index < -0.39 is 11.4 Å². The number of carboxylic acid groups (broad SMARTS) is 1. The van der Waals surface area contributed by atoms with E-state index in [0.717, 1.165) is 12.0 Å². The van der Waals surface area contributed by atoms with Crippen molar-refractivity contribution in [3.63, 3.8) is 0 Å². The van der Waals surface area contributed by atoms with Crippen LogP contribution in [0.4, 0.5) is 0 Å². The van der Waals surface area contributed by atoms with E-state index in [-0.39, 0.29) is 12.1 Å². The van der Waals surface area contributed by atoms with E-state index in [0.29, 0.717) is 31.4 Å². The summed E-state index contributed by atoms with van der Waals surface area (Å²) in [4.78, 5) is 23.2. The van der Waals surface area contributed by atoms with Gasteiger partial charge in [-0.2, -0.15) is 0 Å². The lowest BCUT2D eigenvalue weighted by molar-refractivity contribution is -0.160. The topological polar surface area (TPSA) is 72.8 Å². The summed E-state index contributed by atoms with van der Waals surface area (Å²) >= 11 is 0. The Labute approximate surface area is 130 Å². The number of hydrogen-bond acceptors (Lipinski definition) is 4. The number of carbonyl (C=O) groups is 2. The number of carboxylic acids is 1. The SMILES string of the molecule is CCCC1(C(=O)O)CCOC(c2ccc(C(=O)OC)cc2)C1. The van der Waals surface area contributed by atoms with Crippen molar-refractivity contribution in [2.75, 3.05) is 13.7 Å². The summed E-state index contributed by atoms with van der Waals surface area (Å²) in [5, 5.41) is 9.62. The van der Waals surface area contributed by atoms with Gasteiger partial charge in [0.1, 0.15) is 0 Å². The zero-order valence-electron chi connectivity index (χ0n) is 13.0. The third kappa shape index (κ3) is 3.30. The first-order valence-corrected chi connectivity index (χ1v) is 7.55. The molecule has 5 heteroatoms. The predicted octanol–water partition coefficient (Wildman–Crippen LogP) is 3.20. The fourth-order valence-electron chi connectivity index (χ4n) is 3.08. The average Bonchev–Trinajstić information content (AvgIpc) is 2.54. The van der Waals surface area contributed by atoms with E-state index in [4.69, 9.17) is 4.74 Å². The van der Waals surface area contributed by atoms with Gasteiger partial charge in [-0.1, -0.05) is 25.5 Å². The second-order valence-corrected chi connectivity index (χ2v) is 5.76. The molecule has 0 aliphatic carbocycles. The van der Waals surface area contributed by atoms with Gasteiger partial charge in [-0.25, -0.2) is 4.79 Å². The maximum atomic E-state index is 11.7. The van der Waals surface area contributed by atoms with Crippen LogP contribution in [0.3, 0.4) is 0 Å². The van der Waals surface area contributed by atoms with Gasteiger partial charge in [0.05, 0.1) is 24.2 Å². The van der Waals surface area contributed by atoms with Gasteiger partial charge in [-0.3, -0.25) is 4.79 Å². The van der Waals surface area contributed by atoms with Crippen LogP contribution in [0.25, 0.3) is 0 Å². The van der Waals surface area contributed by atoms with Crippen molar-refractivity contribution in [1.82, 2.24) is 0 Å². The van der Waals surface area contributed by atoms with Crippen LogP contribution in [0.2, 0.25) is 0 Å². The number of methoxy groups -OCH3 is 1. The Hall–Kier alpha value is -1.88. The highest BCUT2D eigenvalue weighted by Crippen LogP contribution is 2.43. The minimum atomic E-state index is -0.742. The summed E-state index contributed by atoms with van der Waals surface area (Å²) < 4.78 is 10.4. The van der Waals surface area contributed by atoms with Crippen molar-refractivity contribution in [2.45, 2.75) is 38.7 Å². The number of ether oxygens (including phenoxy) is 2. The molecule has 120 valence electrons. The molecule has 0 radical (unpaired) electrons. The molecule has 1 N–H and O–H groups in total. The van der Waals surface area contributed by atoms with E-state index in [2.05, 4.69) is 4.74 Å². The summed E-state index contributed by atoms with van der Waals surface area (Å²) in [6.45, 7) is 2.44. The quantitative estimate of drug-likeness (QED) is 0.846. The summed E-state index contributed by atoms with van der Waals surface area (Å²) in [7, 11) is 1.34. The average molecular weight is 306 g/mol. The Bertz CT molecular complexity index is 532. The number of aliphatic carboxylic acids is 1. The smallest absolute Gasteiger partial charge is 0.337 e. The lowest BCUT2D eigenvalue weighted by Gasteiger charge is -2.37. The molecular weight excluding hydrogens is 284 g/mol. The fraction of sp³-hybridized carbons (Fsp3) is 0.529. The molecule has 22 heavy (non-hydrogen) atoms. The summed E-state index contributed by atoms with van der Waals surface area (Å²) in [6.07, 6.45) is 2.26. The van der Waals surface area contributed by atoms with Gasteiger partial charge in [-0.05, 0) is 37.0 Å². The van der Waals surface area contributed by atoms with Gasteiger partial charge in [0.2, 0.25) is 0 Å². The molecule has 1 aromatic rings. The molecule has 1 aliphatic rings. The molecule has 1 fully saturated rings. The Kier molecular flexibility index (Phi) is 5.19. The standard InChI is InChI=1S/C17H22O5/c1-3-8-17(16(19)20)9-10-22-14(11-17)12-4-6-13(7-5-12)15(18)21-2/h4-7,14H,3,8-11H2,1-2H3,(H,19,20). The molecule has 2 rings (SSSR count). The number of esters is 1. The molecule has 1 saturated heterocycles. The van der Waals surface area contributed by atoms with Gasteiger partial charge in [0.15, 0.2) is 0 Å². The molecule has 0 spiro atoms. The van der Waals surface area contributed by atoms with Gasteiger partial charge in [-0.15, -0.1) is 0 Å². The van der Waals surface area contributed by atoms with Crippen molar-refractivity contribution < 1.29 is 24.2 Å². The van der Waals surface area contributed by atoms with Crippen LogP contribution in [0.15, 0.2) is 24.3 Å². The third-order valence-electron chi connectivity index (χ3n) is 4.36. The third-order valence-corrected chi connectivity index (χ3v) is 4.36. The van der Waals surface area contributed by atoms with E-state index in [1.54, 1.807) is 24.3 Å². The lowest BCUT2D eigenvalue weighted by Crippen LogP contribution is -2.38. The molecule has 2 atom stereocenters. The molecule has 0 saturated carbocycles. The van der Waals surface area contributed by atoms with Gasteiger partial charge < -0.3 is 14.6 Å². The summed E-state index contributed by atoms with van der Waals surface area (Å²) in [5.41, 5.74) is 0.660. The molecule has 2 unspecified atom stereocenters. The van der Waals surface area contributed by atoms with Crippen LogP contribution in [-0.4, -0.2) is 30.8 Å². The first kappa shape index (κ1) is 16.5. The molecule has 0 amide bonds. The fourth-order valence-corrected chi connectivity index (χ4v) is 3.08. The van der Waals surface area contributed by atoms with Gasteiger partial charge in [0, 0.05) is 6.61 Å². The second-order valence-electron chi connectivity index (χ2n) is 5.76. The van der Waals surface area contributed by atoms with Crippen LogP contribution in [0.1, 0.15) is 54.6 Å². The summed E-state index contributed by atoms with van der Waals surface area (Å²) in [6, 6.07) is 6.98. The van der Waals surface area contributed by atoms with E-state index in [9.17, 15) is 14.7 Å². The van der Waals surface area contributed by atoms with Crippen molar-refractivity contribution in [3.05, 3.63) is 35.4 Å². The monoisotopic (exact) mass is 306 g/mol. The highest BCUT2D eigenvalue weighted by Gasteiger charge is 2.43. The highest BCUT2D eigenvalue weighted by atomic mass is 16.5. The van der Waals surface area contributed by atoms with Crippen molar-refractivity contribution in [3.8, 4) is 0 Å². The molecule has 0 aromatic heterocycles. The Morgan fingerprint density at radius 3 is 2.59 bits per heavy atom.